The Balaban J connectivity index is 2.03. The molecule has 1 aromatic rings. The van der Waals surface area contributed by atoms with E-state index in [4.69, 9.17) is 0 Å². The molecule has 0 aliphatic heterocycles. The van der Waals surface area contributed by atoms with E-state index in [9.17, 15) is 8.78 Å². The molecule has 1 aliphatic rings. The largest absolute Gasteiger partial charge is 0.313 e. The highest BCUT2D eigenvalue weighted by Crippen LogP contribution is 2.41. The summed E-state index contributed by atoms with van der Waals surface area (Å²) in [5.74, 6) is 0.435. The highest BCUT2D eigenvalue weighted by molar-refractivity contribution is 5.20. The Morgan fingerprint density at radius 1 is 1.39 bits per heavy atom. The van der Waals surface area contributed by atoms with Crippen molar-refractivity contribution in [3.05, 3.63) is 35.4 Å². The van der Waals surface area contributed by atoms with Gasteiger partial charge in [0.15, 0.2) is 0 Å². The summed E-state index contributed by atoms with van der Waals surface area (Å²) in [6.45, 7) is 5.31. The summed E-state index contributed by atoms with van der Waals surface area (Å²) in [4.78, 5) is 0. The molecule has 0 radical (unpaired) electrons. The number of rotatable bonds is 6. The predicted octanol–water partition coefficient (Wildman–Crippen LogP) is 3.53. The Labute approximate surface area is 108 Å². The summed E-state index contributed by atoms with van der Waals surface area (Å²) in [7, 11) is 0. The van der Waals surface area contributed by atoms with Crippen molar-refractivity contribution in [1.29, 1.82) is 0 Å². The van der Waals surface area contributed by atoms with Gasteiger partial charge in [-0.2, -0.15) is 0 Å². The Bertz CT molecular complexity index is 405. The van der Waals surface area contributed by atoms with Crippen molar-refractivity contribution in [3.63, 3.8) is 0 Å². The second-order valence-electron chi connectivity index (χ2n) is 5.38. The van der Waals surface area contributed by atoms with Crippen LogP contribution in [0.4, 0.5) is 8.78 Å². The van der Waals surface area contributed by atoms with Gasteiger partial charge in [-0.1, -0.05) is 19.9 Å². The van der Waals surface area contributed by atoms with Crippen molar-refractivity contribution < 1.29 is 8.78 Å². The summed E-state index contributed by atoms with van der Waals surface area (Å²) >= 11 is 0. The van der Waals surface area contributed by atoms with E-state index in [0.717, 1.165) is 24.9 Å². The average molecular weight is 253 g/mol. The monoisotopic (exact) mass is 253 g/mol. The fourth-order valence-corrected chi connectivity index (χ4v) is 2.54. The minimum atomic E-state index is -0.505. The lowest BCUT2D eigenvalue weighted by molar-refractivity contribution is 0.435. The Hall–Kier alpha value is -0.960. The lowest BCUT2D eigenvalue weighted by Crippen LogP contribution is -2.34. The van der Waals surface area contributed by atoms with Crippen LogP contribution in [0.15, 0.2) is 18.2 Å². The van der Waals surface area contributed by atoms with Crippen LogP contribution in [0.2, 0.25) is 0 Å². The average Bonchev–Trinajstić information content (AvgIpc) is 3.04. The molecule has 1 aliphatic carbocycles. The van der Waals surface area contributed by atoms with E-state index in [1.54, 1.807) is 6.07 Å². The molecule has 0 bridgehead atoms. The molecular formula is C15H21F2N. The molecule has 18 heavy (non-hydrogen) atoms. The molecule has 0 amide bonds. The van der Waals surface area contributed by atoms with Crippen LogP contribution in [0.5, 0.6) is 0 Å². The Morgan fingerprint density at radius 3 is 2.67 bits per heavy atom. The summed E-state index contributed by atoms with van der Waals surface area (Å²) in [5.41, 5.74) is 0.615. The van der Waals surface area contributed by atoms with Gasteiger partial charge >= 0.3 is 0 Å². The molecule has 0 spiro atoms. The summed E-state index contributed by atoms with van der Waals surface area (Å²) in [6, 6.07) is 4.20. The van der Waals surface area contributed by atoms with E-state index in [1.807, 2.05) is 0 Å². The van der Waals surface area contributed by atoms with Crippen LogP contribution in [0.25, 0.3) is 0 Å². The fraction of sp³-hybridized carbons (Fsp3) is 0.600. The second-order valence-corrected chi connectivity index (χ2v) is 5.38. The van der Waals surface area contributed by atoms with E-state index in [-0.39, 0.29) is 0 Å². The molecular weight excluding hydrogens is 232 g/mol. The van der Waals surface area contributed by atoms with Crippen molar-refractivity contribution in [2.75, 3.05) is 6.54 Å². The molecule has 3 atom stereocenters. The van der Waals surface area contributed by atoms with Crippen molar-refractivity contribution in [3.8, 4) is 0 Å². The van der Waals surface area contributed by atoms with Gasteiger partial charge in [0.2, 0.25) is 0 Å². The van der Waals surface area contributed by atoms with E-state index in [0.29, 0.717) is 23.9 Å². The molecule has 100 valence electrons. The number of hydrogen-bond donors (Lipinski definition) is 1. The van der Waals surface area contributed by atoms with E-state index in [2.05, 4.69) is 19.2 Å². The molecule has 0 heterocycles. The van der Waals surface area contributed by atoms with E-state index < -0.39 is 11.6 Å². The van der Waals surface area contributed by atoms with Crippen LogP contribution >= 0.6 is 0 Å². The van der Waals surface area contributed by atoms with Crippen molar-refractivity contribution in [2.45, 2.75) is 39.2 Å². The minimum absolute atomic E-state index is 0.319. The van der Waals surface area contributed by atoms with Gasteiger partial charge in [0.1, 0.15) is 11.6 Å². The maximum absolute atomic E-state index is 13.6. The molecule has 1 N–H and O–H groups in total. The van der Waals surface area contributed by atoms with Crippen molar-refractivity contribution >= 4 is 0 Å². The summed E-state index contributed by atoms with van der Waals surface area (Å²) in [5, 5.41) is 3.49. The Morgan fingerprint density at radius 2 is 2.11 bits per heavy atom. The molecule has 1 nitrogen and oxygen atoms in total. The molecule has 3 heteroatoms. The van der Waals surface area contributed by atoms with Gasteiger partial charge in [-0.3, -0.25) is 0 Å². The van der Waals surface area contributed by atoms with Crippen LogP contribution in [0.1, 0.15) is 32.3 Å². The molecule has 1 saturated carbocycles. The predicted molar refractivity (Wildman–Crippen MR) is 69.4 cm³/mol. The first-order chi connectivity index (χ1) is 8.61. The lowest BCUT2D eigenvalue weighted by atomic mass is 10.0. The standard InChI is InChI=1S/C15H21F2N/c1-3-6-18-15(13-7-10(13)2)8-11-4-5-12(16)9-14(11)17/h4-5,9-10,13,15,18H,3,6-8H2,1-2H3. The van der Waals surface area contributed by atoms with Crippen LogP contribution in [-0.2, 0) is 6.42 Å². The van der Waals surface area contributed by atoms with Gasteiger partial charge in [-0.25, -0.2) is 8.78 Å². The maximum Gasteiger partial charge on any atom is 0.129 e. The van der Waals surface area contributed by atoms with Crippen molar-refractivity contribution in [2.24, 2.45) is 11.8 Å². The van der Waals surface area contributed by atoms with E-state index in [1.165, 1.54) is 12.5 Å². The van der Waals surface area contributed by atoms with E-state index >= 15 is 0 Å². The molecule has 0 aromatic heterocycles. The second kappa shape index (κ2) is 5.79. The third-order valence-corrected chi connectivity index (χ3v) is 3.80. The van der Waals surface area contributed by atoms with Crippen LogP contribution in [0.3, 0.4) is 0 Å². The van der Waals surface area contributed by atoms with Gasteiger partial charge in [-0.15, -0.1) is 0 Å². The zero-order valence-corrected chi connectivity index (χ0v) is 11.0. The minimum Gasteiger partial charge on any atom is -0.313 e. The highest BCUT2D eigenvalue weighted by atomic mass is 19.1. The first-order valence-electron chi connectivity index (χ1n) is 6.79. The molecule has 0 saturated heterocycles. The summed E-state index contributed by atoms with van der Waals surface area (Å²) < 4.78 is 26.5. The Kier molecular flexibility index (Phi) is 4.33. The SMILES string of the molecule is CCCNC(Cc1ccc(F)cc1F)C1CC1C. The number of benzene rings is 1. The highest BCUT2D eigenvalue weighted by Gasteiger charge is 2.39. The number of halogens is 2. The number of hydrogen-bond acceptors (Lipinski definition) is 1. The third kappa shape index (κ3) is 3.29. The third-order valence-electron chi connectivity index (χ3n) is 3.80. The fourth-order valence-electron chi connectivity index (χ4n) is 2.54. The molecule has 1 fully saturated rings. The smallest absolute Gasteiger partial charge is 0.129 e. The zero-order chi connectivity index (χ0) is 13.1. The van der Waals surface area contributed by atoms with Gasteiger partial charge in [0, 0.05) is 12.1 Å². The topological polar surface area (TPSA) is 12.0 Å². The van der Waals surface area contributed by atoms with Gasteiger partial charge in [0.05, 0.1) is 0 Å². The molecule has 2 rings (SSSR count). The van der Waals surface area contributed by atoms with Crippen molar-refractivity contribution in [1.82, 2.24) is 5.32 Å². The normalized spacial score (nSPS) is 24.0. The quantitative estimate of drug-likeness (QED) is 0.817. The molecule has 1 aromatic carbocycles. The lowest BCUT2D eigenvalue weighted by Gasteiger charge is -2.19. The van der Waals surface area contributed by atoms with Crippen LogP contribution < -0.4 is 5.32 Å². The zero-order valence-electron chi connectivity index (χ0n) is 11.0. The van der Waals surface area contributed by atoms with Gasteiger partial charge < -0.3 is 5.32 Å². The number of nitrogens with one attached hydrogen (secondary N) is 1. The molecule has 3 unspecified atom stereocenters. The summed E-state index contributed by atoms with van der Waals surface area (Å²) in [6.07, 6.45) is 2.94. The van der Waals surface area contributed by atoms with Gasteiger partial charge in [-0.05, 0) is 49.3 Å². The first kappa shape index (κ1) is 13.5. The van der Waals surface area contributed by atoms with Crippen LogP contribution in [-0.4, -0.2) is 12.6 Å². The first-order valence-corrected chi connectivity index (χ1v) is 6.79. The van der Waals surface area contributed by atoms with Crippen LogP contribution in [0, 0.1) is 23.5 Å². The van der Waals surface area contributed by atoms with Gasteiger partial charge in [0.25, 0.3) is 0 Å². The maximum atomic E-state index is 13.6.